The van der Waals surface area contributed by atoms with Gasteiger partial charge in [-0.3, -0.25) is 4.79 Å². The molecule has 146 valence electrons. The van der Waals surface area contributed by atoms with Gasteiger partial charge in [0.15, 0.2) is 5.58 Å². The van der Waals surface area contributed by atoms with Crippen molar-refractivity contribution < 1.29 is 27.1 Å². The molecule has 0 saturated carbocycles. The molecule has 2 heterocycles. The van der Waals surface area contributed by atoms with Crippen LogP contribution in [0.5, 0.6) is 0 Å². The summed E-state index contributed by atoms with van der Waals surface area (Å²) in [7, 11) is 0. The third kappa shape index (κ3) is 3.87. The summed E-state index contributed by atoms with van der Waals surface area (Å²) >= 11 is 0. The largest absolute Gasteiger partial charge is 0.436 e. The van der Waals surface area contributed by atoms with E-state index in [-0.39, 0.29) is 17.9 Å². The number of aromatic nitrogens is 1. The first-order valence-corrected chi connectivity index (χ1v) is 8.88. The van der Waals surface area contributed by atoms with Gasteiger partial charge >= 0.3 is 6.18 Å². The number of fused-ring (bicyclic) bond motifs is 1. The van der Waals surface area contributed by atoms with Crippen LogP contribution in [0.3, 0.4) is 0 Å². The number of carbonyl (C=O) groups excluding carboxylic acids is 1. The van der Waals surface area contributed by atoms with Crippen molar-refractivity contribution in [1.29, 1.82) is 0 Å². The van der Waals surface area contributed by atoms with Crippen molar-refractivity contribution in [2.45, 2.75) is 25.1 Å². The van der Waals surface area contributed by atoms with Crippen molar-refractivity contribution in [1.82, 2.24) is 10.3 Å². The molecular formula is C20H17F3N2O3. The van der Waals surface area contributed by atoms with E-state index in [1.54, 1.807) is 18.2 Å². The van der Waals surface area contributed by atoms with Gasteiger partial charge in [-0.1, -0.05) is 0 Å². The molecule has 0 aliphatic carbocycles. The van der Waals surface area contributed by atoms with Crippen molar-refractivity contribution >= 4 is 17.0 Å². The molecule has 1 amide bonds. The number of nitrogens with zero attached hydrogens (tertiary/aromatic N) is 1. The zero-order valence-corrected chi connectivity index (χ0v) is 14.8. The van der Waals surface area contributed by atoms with Crippen molar-refractivity contribution in [3.8, 4) is 11.5 Å². The van der Waals surface area contributed by atoms with Gasteiger partial charge in [0, 0.05) is 24.3 Å². The number of oxazole rings is 1. The maximum absolute atomic E-state index is 12.7. The average Bonchev–Trinajstić information content (AvgIpc) is 3.34. The van der Waals surface area contributed by atoms with Crippen molar-refractivity contribution in [3.63, 3.8) is 0 Å². The Labute approximate surface area is 158 Å². The number of hydrogen-bond donors (Lipinski definition) is 1. The SMILES string of the molecule is O=C(NC[C@H]1CCCO1)c1ccc2oc(-c3ccc(C(F)(F)F)cc3)nc2c1. The Morgan fingerprint density at radius 1 is 1.18 bits per heavy atom. The average molecular weight is 390 g/mol. The second-order valence-corrected chi connectivity index (χ2v) is 6.62. The summed E-state index contributed by atoms with van der Waals surface area (Å²) in [5, 5.41) is 2.84. The molecule has 1 fully saturated rings. The summed E-state index contributed by atoms with van der Waals surface area (Å²) in [6.07, 6.45) is -2.42. The van der Waals surface area contributed by atoms with E-state index in [0.29, 0.717) is 28.8 Å². The number of carbonyl (C=O) groups is 1. The highest BCUT2D eigenvalue weighted by Gasteiger charge is 2.30. The fourth-order valence-corrected chi connectivity index (χ4v) is 3.11. The molecule has 1 aliphatic rings. The highest BCUT2D eigenvalue weighted by Crippen LogP contribution is 2.31. The van der Waals surface area contributed by atoms with Crippen molar-refractivity contribution in [2.24, 2.45) is 0 Å². The van der Waals surface area contributed by atoms with Gasteiger partial charge in [0.25, 0.3) is 5.91 Å². The van der Waals surface area contributed by atoms with E-state index in [9.17, 15) is 18.0 Å². The maximum atomic E-state index is 12.7. The Balaban J connectivity index is 1.52. The van der Waals surface area contributed by atoms with Crippen LogP contribution in [-0.4, -0.2) is 30.1 Å². The minimum Gasteiger partial charge on any atom is -0.436 e. The highest BCUT2D eigenvalue weighted by atomic mass is 19.4. The second kappa shape index (κ2) is 7.27. The molecule has 1 aliphatic heterocycles. The quantitative estimate of drug-likeness (QED) is 0.716. The fourth-order valence-electron chi connectivity index (χ4n) is 3.11. The van der Waals surface area contributed by atoms with Crippen LogP contribution in [0.2, 0.25) is 0 Å². The number of nitrogens with one attached hydrogen (secondary N) is 1. The summed E-state index contributed by atoms with van der Waals surface area (Å²) in [6, 6.07) is 9.41. The molecule has 1 atom stereocenters. The summed E-state index contributed by atoms with van der Waals surface area (Å²) in [6.45, 7) is 1.17. The van der Waals surface area contributed by atoms with Crippen LogP contribution in [0.25, 0.3) is 22.6 Å². The van der Waals surface area contributed by atoms with Crippen LogP contribution in [0.15, 0.2) is 46.9 Å². The van der Waals surface area contributed by atoms with Crippen LogP contribution in [-0.2, 0) is 10.9 Å². The first-order chi connectivity index (χ1) is 13.4. The molecule has 5 nitrogen and oxygen atoms in total. The molecular weight excluding hydrogens is 373 g/mol. The molecule has 3 aromatic rings. The molecule has 28 heavy (non-hydrogen) atoms. The van der Waals surface area contributed by atoms with Crippen LogP contribution in [0.4, 0.5) is 13.2 Å². The number of alkyl halides is 3. The summed E-state index contributed by atoms with van der Waals surface area (Å²) in [4.78, 5) is 16.6. The Kier molecular flexibility index (Phi) is 4.80. The third-order valence-electron chi connectivity index (χ3n) is 4.62. The van der Waals surface area contributed by atoms with E-state index in [4.69, 9.17) is 9.15 Å². The standard InChI is InChI=1S/C20H17F3N2O3/c21-20(22,23)14-6-3-12(4-7-14)19-25-16-10-13(5-8-17(16)28-19)18(26)24-11-15-2-1-9-27-15/h3-8,10,15H,1-2,9,11H2,(H,24,26)/t15-/m1/s1. The number of benzene rings is 2. The van der Waals surface area contributed by atoms with E-state index in [1.165, 1.54) is 12.1 Å². The Morgan fingerprint density at radius 3 is 2.64 bits per heavy atom. The first-order valence-electron chi connectivity index (χ1n) is 8.88. The molecule has 0 spiro atoms. The lowest BCUT2D eigenvalue weighted by Crippen LogP contribution is -2.31. The molecule has 8 heteroatoms. The van der Waals surface area contributed by atoms with E-state index >= 15 is 0 Å². The van der Waals surface area contributed by atoms with Gasteiger partial charge in [-0.2, -0.15) is 13.2 Å². The van der Waals surface area contributed by atoms with Gasteiger partial charge in [0.2, 0.25) is 5.89 Å². The Hall–Kier alpha value is -2.87. The highest BCUT2D eigenvalue weighted by molar-refractivity contribution is 5.97. The van der Waals surface area contributed by atoms with Gasteiger partial charge in [-0.25, -0.2) is 4.98 Å². The number of rotatable bonds is 4. The number of halogens is 3. The lowest BCUT2D eigenvalue weighted by atomic mass is 10.1. The second-order valence-electron chi connectivity index (χ2n) is 6.62. The third-order valence-corrected chi connectivity index (χ3v) is 4.62. The van der Waals surface area contributed by atoms with Gasteiger partial charge in [-0.05, 0) is 55.3 Å². The van der Waals surface area contributed by atoms with Gasteiger partial charge in [0.1, 0.15) is 5.52 Å². The van der Waals surface area contributed by atoms with Crippen molar-refractivity contribution in [3.05, 3.63) is 53.6 Å². The Bertz CT molecular complexity index is 990. The van der Waals surface area contributed by atoms with E-state index in [2.05, 4.69) is 10.3 Å². The van der Waals surface area contributed by atoms with Crippen LogP contribution in [0.1, 0.15) is 28.8 Å². The van der Waals surface area contributed by atoms with Crippen molar-refractivity contribution in [2.75, 3.05) is 13.2 Å². The Morgan fingerprint density at radius 2 is 1.96 bits per heavy atom. The molecule has 1 N–H and O–H groups in total. The minimum absolute atomic E-state index is 0.0472. The predicted octanol–water partition coefficient (Wildman–Crippen LogP) is 4.42. The summed E-state index contributed by atoms with van der Waals surface area (Å²) in [5.74, 6) is -0.0443. The molecule has 4 rings (SSSR count). The molecule has 0 bridgehead atoms. The van der Waals surface area contributed by atoms with E-state index in [0.717, 1.165) is 31.6 Å². The zero-order chi connectivity index (χ0) is 19.7. The normalized spacial score (nSPS) is 17.2. The van der Waals surface area contributed by atoms with E-state index < -0.39 is 11.7 Å². The molecule has 0 radical (unpaired) electrons. The number of amides is 1. The summed E-state index contributed by atoms with van der Waals surface area (Å²) in [5.41, 5.74) is 1.02. The lowest BCUT2D eigenvalue weighted by Gasteiger charge is -2.10. The monoisotopic (exact) mass is 390 g/mol. The molecule has 0 unspecified atom stereocenters. The summed E-state index contributed by atoms with van der Waals surface area (Å²) < 4.78 is 49.1. The smallest absolute Gasteiger partial charge is 0.416 e. The first kappa shape index (κ1) is 18.5. The molecule has 1 aromatic heterocycles. The maximum Gasteiger partial charge on any atom is 0.416 e. The zero-order valence-electron chi connectivity index (χ0n) is 14.8. The fraction of sp³-hybridized carbons (Fsp3) is 0.300. The minimum atomic E-state index is -4.40. The van der Waals surface area contributed by atoms with Crippen LogP contribution >= 0.6 is 0 Å². The molecule has 2 aromatic carbocycles. The van der Waals surface area contributed by atoms with Gasteiger partial charge in [0.05, 0.1) is 11.7 Å². The lowest BCUT2D eigenvalue weighted by molar-refractivity contribution is -0.137. The van der Waals surface area contributed by atoms with Crippen LogP contribution < -0.4 is 5.32 Å². The van der Waals surface area contributed by atoms with E-state index in [1.807, 2.05) is 0 Å². The number of hydrogen-bond acceptors (Lipinski definition) is 4. The van der Waals surface area contributed by atoms with Gasteiger partial charge in [-0.15, -0.1) is 0 Å². The number of ether oxygens (including phenoxy) is 1. The topological polar surface area (TPSA) is 64.4 Å². The predicted molar refractivity (Wildman–Crippen MR) is 95.8 cm³/mol. The molecule has 1 saturated heterocycles. The van der Waals surface area contributed by atoms with Gasteiger partial charge < -0.3 is 14.5 Å². The van der Waals surface area contributed by atoms with Crippen LogP contribution in [0, 0.1) is 0 Å².